The molecule has 0 aliphatic heterocycles. The molecule has 0 fully saturated rings. The highest BCUT2D eigenvalue weighted by molar-refractivity contribution is 5.14. The minimum Gasteiger partial charge on any atom is -0.390 e. The van der Waals surface area contributed by atoms with Crippen LogP contribution in [0.5, 0.6) is 0 Å². The maximum absolute atomic E-state index is 10.5. The molecule has 0 amide bonds. The maximum atomic E-state index is 10.5. The van der Waals surface area contributed by atoms with Crippen LogP contribution in [0.15, 0.2) is 43.0 Å². The molecule has 1 aromatic carbocycles. The second-order valence-electron chi connectivity index (χ2n) is 6.23. The summed E-state index contributed by atoms with van der Waals surface area (Å²) < 4.78 is 5.95. The van der Waals surface area contributed by atoms with Crippen LogP contribution in [0.25, 0.3) is 0 Å². The molecule has 0 aliphatic rings. The highest BCUT2D eigenvalue weighted by Gasteiger charge is 2.30. The summed E-state index contributed by atoms with van der Waals surface area (Å²) in [7, 11) is 0. The van der Waals surface area contributed by atoms with Crippen molar-refractivity contribution in [2.45, 2.75) is 77.1 Å². The number of rotatable bonds is 12. The molecule has 0 heterocycles. The first-order valence-corrected chi connectivity index (χ1v) is 8.62. The quantitative estimate of drug-likeness (QED) is 0.421. The summed E-state index contributed by atoms with van der Waals surface area (Å²) in [5.74, 6) is 0. The first kappa shape index (κ1) is 18.9. The molecule has 0 spiro atoms. The second-order valence-corrected chi connectivity index (χ2v) is 6.23. The molecule has 2 nitrogen and oxygen atoms in total. The number of benzene rings is 1. The molecular weight excluding hydrogens is 272 g/mol. The van der Waals surface area contributed by atoms with Crippen molar-refractivity contribution in [3.8, 4) is 0 Å². The van der Waals surface area contributed by atoms with Crippen molar-refractivity contribution in [2.24, 2.45) is 0 Å². The van der Waals surface area contributed by atoms with Gasteiger partial charge in [0.2, 0.25) is 0 Å². The average molecular weight is 304 g/mol. The molecule has 1 N–H and O–H groups in total. The minimum absolute atomic E-state index is 0.497. The maximum Gasteiger partial charge on any atom is 0.109 e. The molecule has 2 heteroatoms. The van der Waals surface area contributed by atoms with Gasteiger partial charge in [-0.05, 0) is 18.9 Å². The summed E-state index contributed by atoms with van der Waals surface area (Å²) in [5.41, 5.74) is 0.432. The fourth-order valence-corrected chi connectivity index (χ4v) is 2.51. The van der Waals surface area contributed by atoms with Gasteiger partial charge in [0.25, 0.3) is 0 Å². The lowest BCUT2D eigenvalue weighted by atomic mass is 9.93. The van der Waals surface area contributed by atoms with E-state index >= 15 is 0 Å². The number of aliphatic hydroxyl groups excluding tert-OH is 1. The highest BCUT2D eigenvalue weighted by atomic mass is 16.5. The van der Waals surface area contributed by atoms with Crippen molar-refractivity contribution < 1.29 is 9.84 Å². The van der Waals surface area contributed by atoms with Crippen LogP contribution in [0, 0.1) is 0 Å². The first-order valence-electron chi connectivity index (χ1n) is 8.62. The van der Waals surface area contributed by atoms with Gasteiger partial charge in [-0.3, -0.25) is 0 Å². The van der Waals surface area contributed by atoms with Crippen molar-refractivity contribution in [2.75, 3.05) is 0 Å². The Morgan fingerprint density at radius 1 is 1.14 bits per heavy atom. The average Bonchev–Trinajstić information content (AvgIpc) is 2.56. The van der Waals surface area contributed by atoms with E-state index in [0.717, 1.165) is 18.4 Å². The van der Waals surface area contributed by atoms with E-state index in [-0.39, 0.29) is 0 Å². The third-order valence-electron chi connectivity index (χ3n) is 4.29. The lowest BCUT2D eigenvalue weighted by molar-refractivity contribution is -0.0918. The van der Waals surface area contributed by atoms with Crippen LogP contribution in [0.1, 0.15) is 64.4 Å². The Morgan fingerprint density at radius 2 is 1.77 bits per heavy atom. The van der Waals surface area contributed by atoms with E-state index in [1.54, 1.807) is 6.08 Å². The van der Waals surface area contributed by atoms with E-state index < -0.39 is 11.7 Å². The largest absolute Gasteiger partial charge is 0.390 e. The Bertz CT molecular complexity index is 401. The zero-order valence-electron chi connectivity index (χ0n) is 14.3. The second kappa shape index (κ2) is 10.6. The molecule has 2 atom stereocenters. The summed E-state index contributed by atoms with van der Waals surface area (Å²) in [6.07, 6.45) is 9.37. The SMILES string of the molecule is C=C[C@](C)(OCc1ccccc1)[C@@H](O)CCCCCCCC. The third-order valence-corrected chi connectivity index (χ3v) is 4.29. The highest BCUT2D eigenvalue weighted by Crippen LogP contribution is 2.23. The van der Waals surface area contributed by atoms with Gasteiger partial charge >= 0.3 is 0 Å². The van der Waals surface area contributed by atoms with E-state index in [4.69, 9.17) is 4.74 Å². The van der Waals surface area contributed by atoms with Crippen LogP contribution in [-0.4, -0.2) is 16.8 Å². The van der Waals surface area contributed by atoms with Crippen molar-refractivity contribution in [1.29, 1.82) is 0 Å². The van der Waals surface area contributed by atoms with Crippen LogP contribution >= 0.6 is 0 Å². The Labute approximate surface area is 136 Å². The summed E-state index contributed by atoms with van der Waals surface area (Å²) in [6, 6.07) is 10.0. The van der Waals surface area contributed by atoms with Crippen molar-refractivity contribution in [3.63, 3.8) is 0 Å². The van der Waals surface area contributed by atoms with E-state index in [1.165, 1.54) is 32.1 Å². The van der Waals surface area contributed by atoms with Crippen LogP contribution in [0.4, 0.5) is 0 Å². The van der Waals surface area contributed by atoms with Gasteiger partial charge in [-0.1, -0.05) is 81.9 Å². The zero-order valence-corrected chi connectivity index (χ0v) is 14.3. The number of unbranched alkanes of at least 4 members (excludes halogenated alkanes) is 5. The number of aliphatic hydroxyl groups is 1. The first-order chi connectivity index (χ1) is 10.6. The predicted octanol–water partition coefficient (Wildman–Crippen LogP) is 5.26. The standard InChI is InChI=1S/C20H32O2/c1-4-6-7-8-9-13-16-19(21)20(3,5-2)22-17-18-14-11-10-12-15-18/h5,10-12,14-15,19,21H,2,4,6-9,13,16-17H2,1,3H3/t19-,20-/m0/s1. The van der Waals surface area contributed by atoms with Crippen molar-refractivity contribution in [3.05, 3.63) is 48.6 Å². The van der Waals surface area contributed by atoms with Crippen molar-refractivity contribution >= 4 is 0 Å². The molecule has 1 aromatic rings. The van der Waals surface area contributed by atoms with Crippen LogP contribution in [0.2, 0.25) is 0 Å². The van der Waals surface area contributed by atoms with Gasteiger partial charge in [0.15, 0.2) is 0 Å². The van der Waals surface area contributed by atoms with Gasteiger partial charge in [0.05, 0.1) is 12.7 Å². The van der Waals surface area contributed by atoms with Gasteiger partial charge in [0, 0.05) is 0 Å². The fourth-order valence-electron chi connectivity index (χ4n) is 2.51. The molecule has 124 valence electrons. The topological polar surface area (TPSA) is 29.5 Å². The molecule has 0 unspecified atom stereocenters. The van der Waals surface area contributed by atoms with Gasteiger partial charge in [0.1, 0.15) is 5.60 Å². The monoisotopic (exact) mass is 304 g/mol. The summed E-state index contributed by atoms with van der Waals surface area (Å²) >= 11 is 0. The number of hydrogen-bond donors (Lipinski definition) is 1. The molecule has 0 aliphatic carbocycles. The Kier molecular flexibility index (Phi) is 9.10. The number of hydrogen-bond acceptors (Lipinski definition) is 2. The Morgan fingerprint density at radius 3 is 2.41 bits per heavy atom. The minimum atomic E-state index is -0.681. The molecule has 0 aromatic heterocycles. The molecule has 1 rings (SSSR count). The Hall–Kier alpha value is -1.12. The van der Waals surface area contributed by atoms with E-state index in [0.29, 0.717) is 6.61 Å². The molecule has 22 heavy (non-hydrogen) atoms. The molecular formula is C20H32O2. The van der Waals surface area contributed by atoms with Crippen molar-refractivity contribution in [1.82, 2.24) is 0 Å². The Balaban J connectivity index is 2.34. The lowest BCUT2D eigenvalue weighted by Gasteiger charge is -2.32. The molecule has 0 saturated carbocycles. The van der Waals surface area contributed by atoms with Gasteiger partial charge in [-0.2, -0.15) is 0 Å². The smallest absolute Gasteiger partial charge is 0.109 e. The van der Waals surface area contributed by atoms with Crippen LogP contribution < -0.4 is 0 Å². The molecule has 0 radical (unpaired) electrons. The number of ether oxygens (including phenoxy) is 1. The van der Waals surface area contributed by atoms with Gasteiger partial charge in [-0.15, -0.1) is 6.58 Å². The summed E-state index contributed by atoms with van der Waals surface area (Å²) in [4.78, 5) is 0. The van der Waals surface area contributed by atoms with E-state index in [1.807, 2.05) is 37.3 Å². The summed E-state index contributed by atoms with van der Waals surface area (Å²) in [6.45, 7) is 8.49. The molecule has 0 saturated heterocycles. The lowest BCUT2D eigenvalue weighted by Crippen LogP contribution is -2.40. The normalized spacial score (nSPS) is 15.2. The summed E-state index contributed by atoms with van der Waals surface area (Å²) in [5, 5.41) is 10.5. The predicted molar refractivity (Wildman–Crippen MR) is 93.8 cm³/mol. The van der Waals surface area contributed by atoms with Crippen LogP contribution in [0.3, 0.4) is 0 Å². The zero-order chi connectivity index (χ0) is 16.3. The third kappa shape index (κ3) is 6.76. The van der Waals surface area contributed by atoms with E-state index in [9.17, 15) is 5.11 Å². The molecule has 0 bridgehead atoms. The van der Waals surface area contributed by atoms with Gasteiger partial charge < -0.3 is 9.84 Å². The fraction of sp³-hybridized carbons (Fsp3) is 0.600. The van der Waals surface area contributed by atoms with Crippen LogP contribution in [-0.2, 0) is 11.3 Å². The van der Waals surface area contributed by atoms with Gasteiger partial charge in [-0.25, -0.2) is 0 Å². The van der Waals surface area contributed by atoms with E-state index in [2.05, 4.69) is 13.5 Å².